The Bertz CT molecular complexity index is 611. The smallest absolute Gasteiger partial charge is 0.256 e. The molecule has 2 aromatic rings. The molecule has 0 aliphatic heterocycles. The van der Waals surface area contributed by atoms with Crippen LogP contribution in [-0.4, -0.2) is 12.2 Å². The number of carbonyl (C=O) groups excluding carboxylic acids is 1. The van der Waals surface area contributed by atoms with E-state index in [0.29, 0.717) is 11.3 Å². The van der Waals surface area contributed by atoms with Crippen LogP contribution in [0.25, 0.3) is 0 Å². The van der Waals surface area contributed by atoms with Gasteiger partial charge in [-0.1, -0.05) is 12.1 Å². The number of aryl methyl sites for hydroxylation is 1. The molecule has 3 N–H and O–H groups in total. The minimum Gasteiger partial charge on any atom is -0.399 e. The van der Waals surface area contributed by atoms with Crippen LogP contribution in [0.3, 0.4) is 0 Å². The average Bonchev–Trinajstić information content (AvgIpc) is 2.41. The zero-order chi connectivity index (χ0) is 13.8. The number of hydrogen-bond donors (Lipinski definition) is 2. The van der Waals surface area contributed by atoms with Crippen LogP contribution in [-0.2, 0) is 0 Å². The third kappa shape index (κ3) is 3.29. The molecule has 2 rings (SSSR count). The van der Waals surface area contributed by atoms with Crippen LogP contribution < -0.4 is 11.1 Å². The van der Waals surface area contributed by atoms with Gasteiger partial charge in [-0.05, 0) is 49.1 Å². The molecular formula is C15H16N2OS. The maximum Gasteiger partial charge on any atom is 0.256 e. The van der Waals surface area contributed by atoms with E-state index in [1.165, 1.54) is 0 Å². The normalized spacial score (nSPS) is 10.2. The zero-order valence-corrected chi connectivity index (χ0v) is 11.8. The second kappa shape index (κ2) is 5.80. The maximum atomic E-state index is 12.2. The Labute approximate surface area is 117 Å². The number of benzene rings is 2. The van der Waals surface area contributed by atoms with Crippen molar-refractivity contribution >= 4 is 29.0 Å². The van der Waals surface area contributed by atoms with Gasteiger partial charge in [0.05, 0.1) is 0 Å². The molecule has 0 fully saturated rings. The van der Waals surface area contributed by atoms with E-state index in [9.17, 15) is 4.79 Å². The summed E-state index contributed by atoms with van der Waals surface area (Å²) in [6, 6.07) is 13.1. The number of nitrogens with one attached hydrogen (secondary N) is 1. The Kier molecular flexibility index (Phi) is 4.12. The lowest BCUT2D eigenvalue weighted by molar-refractivity contribution is 0.102. The van der Waals surface area contributed by atoms with Crippen LogP contribution in [0, 0.1) is 6.92 Å². The van der Waals surface area contributed by atoms with Gasteiger partial charge in [-0.25, -0.2) is 0 Å². The molecule has 2 aromatic carbocycles. The summed E-state index contributed by atoms with van der Waals surface area (Å²) in [7, 11) is 0. The lowest BCUT2D eigenvalue weighted by atomic mass is 10.1. The maximum absolute atomic E-state index is 12.2. The molecule has 0 unspecified atom stereocenters. The van der Waals surface area contributed by atoms with E-state index in [0.717, 1.165) is 16.1 Å². The van der Waals surface area contributed by atoms with E-state index >= 15 is 0 Å². The molecule has 0 aliphatic rings. The Morgan fingerprint density at radius 2 is 2.00 bits per heavy atom. The van der Waals surface area contributed by atoms with Crippen LogP contribution in [0.2, 0.25) is 0 Å². The van der Waals surface area contributed by atoms with Crippen molar-refractivity contribution in [2.24, 2.45) is 0 Å². The molecule has 0 bridgehead atoms. The third-order valence-electron chi connectivity index (χ3n) is 2.83. The highest BCUT2D eigenvalue weighted by Crippen LogP contribution is 2.20. The van der Waals surface area contributed by atoms with Gasteiger partial charge in [0.1, 0.15) is 0 Å². The van der Waals surface area contributed by atoms with E-state index in [-0.39, 0.29) is 5.91 Å². The number of rotatable bonds is 3. The SMILES string of the molecule is CSc1cccc(NC(=O)c2cc(N)ccc2C)c1. The van der Waals surface area contributed by atoms with Crippen LogP contribution >= 0.6 is 11.8 Å². The number of amides is 1. The molecule has 0 aliphatic carbocycles. The Morgan fingerprint density at radius 1 is 1.21 bits per heavy atom. The predicted molar refractivity (Wildman–Crippen MR) is 81.8 cm³/mol. The lowest BCUT2D eigenvalue weighted by Gasteiger charge is -2.09. The monoisotopic (exact) mass is 272 g/mol. The molecule has 0 radical (unpaired) electrons. The van der Waals surface area contributed by atoms with Crippen molar-refractivity contribution in [3.63, 3.8) is 0 Å². The van der Waals surface area contributed by atoms with Crippen LogP contribution in [0.1, 0.15) is 15.9 Å². The molecular weight excluding hydrogens is 256 g/mol. The van der Waals surface area contributed by atoms with Gasteiger partial charge in [0.15, 0.2) is 0 Å². The fourth-order valence-electron chi connectivity index (χ4n) is 1.78. The summed E-state index contributed by atoms with van der Waals surface area (Å²) in [4.78, 5) is 13.3. The largest absolute Gasteiger partial charge is 0.399 e. The fourth-order valence-corrected chi connectivity index (χ4v) is 2.24. The first kappa shape index (κ1) is 13.5. The fraction of sp³-hybridized carbons (Fsp3) is 0.133. The average molecular weight is 272 g/mol. The Hall–Kier alpha value is -1.94. The molecule has 3 nitrogen and oxygen atoms in total. The molecule has 0 aromatic heterocycles. The molecule has 0 saturated carbocycles. The lowest BCUT2D eigenvalue weighted by Crippen LogP contribution is -2.13. The number of hydrogen-bond acceptors (Lipinski definition) is 3. The number of carbonyl (C=O) groups is 1. The van der Waals surface area contributed by atoms with Crippen molar-refractivity contribution < 1.29 is 4.79 Å². The molecule has 0 atom stereocenters. The topological polar surface area (TPSA) is 55.1 Å². The second-order valence-corrected chi connectivity index (χ2v) is 5.14. The van der Waals surface area contributed by atoms with Gasteiger partial charge in [0, 0.05) is 21.8 Å². The van der Waals surface area contributed by atoms with Crippen molar-refractivity contribution in [3.05, 3.63) is 53.6 Å². The molecule has 19 heavy (non-hydrogen) atoms. The Balaban J connectivity index is 2.23. The third-order valence-corrected chi connectivity index (χ3v) is 3.56. The number of nitrogen functional groups attached to an aromatic ring is 1. The summed E-state index contributed by atoms with van der Waals surface area (Å²) in [6.07, 6.45) is 2.00. The standard InChI is InChI=1S/C15H16N2OS/c1-10-6-7-11(16)8-14(10)15(18)17-12-4-3-5-13(9-12)19-2/h3-9H,16H2,1-2H3,(H,17,18). The first-order valence-electron chi connectivity index (χ1n) is 5.91. The van der Waals surface area contributed by atoms with E-state index in [1.807, 2.05) is 43.5 Å². The van der Waals surface area contributed by atoms with E-state index in [1.54, 1.807) is 23.9 Å². The van der Waals surface area contributed by atoms with E-state index in [4.69, 9.17) is 5.73 Å². The van der Waals surface area contributed by atoms with Crippen molar-refractivity contribution in [2.45, 2.75) is 11.8 Å². The van der Waals surface area contributed by atoms with Gasteiger partial charge in [0.25, 0.3) is 5.91 Å². The summed E-state index contributed by atoms with van der Waals surface area (Å²) >= 11 is 1.64. The Morgan fingerprint density at radius 3 is 2.74 bits per heavy atom. The highest BCUT2D eigenvalue weighted by Gasteiger charge is 2.09. The van der Waals surface area contributed by atoms with Crippen LogP contribution in [0.15, 0.2) is 47.4 Å². The summed E-state index contributed by atoms with van der Waals surface area (Å²) in [6.45, 7) is 1.90. The van der Waals surface area contributed by atoms with Gasteiger partial charge in [-0.2, -0.15) is 0 Å². The highest BCUT2D eigenvalue weighted by atomic mass is 32.2. The zero-order valence-electron chi connectivity index (χ0n) is 10.9. The first-order valence-corrected chi connectivity index (χ1v) is 7.14. The van der Waals surface area contributed by atoms with E-state index < -0.39 is 0 Å². The van der Waals surface area contributed by atoms with Crippen molar-refractivity contribution in [1.29, 1.82) is 0 Å². The second-order valence-electron chi connectivity index (χ2n) is 4.26. The number of thioether (sulfide) groups is 1. The minimum absolute atomic E-state index is 0.136. The molecule has 0 saturated heterocycles. The van der Waals surface area contributed by atoms with Crippen molar-refractivity contribution in [1.82, 2.24) is 0 Å². The molecule has 0 heterocycles. The number of nitrogens with two attached hydrogens (primary N) is 1. The van der Waals surface area contributed by atoms with Gasteiger partial charge >= 0.3 is 0 Å². The van der Waals surface area contributed by atoms with Crippen LogP contribution in [0.4, 0.5) is 11.4 Å². The molecule has 0 spiro atoms. The number of anilines is 2. The summed E-state index contributed by atoms with van der Waals surface area (Å²) in [5.74, 6) is -0.136. The van der Waals surface area contributed by atoms with Gasteiger partial charge in [-0.3, -0.25) is 4.79 Å². The minimum atomic E-state index is -0.136. The van der Waals surface area contributed by atoms with Crippen molar-refractivity contribution in [2.75, 3.05) is 17.3 Å². The molecule has 98 valence electrons. The van der Waals surface area contributed by atoms with Gasteiger partial charge in [-0.15, -0.1) is 11.8 Å². The summed E-state index contributed by atoms with van der Waals surface area (Å²) in [5.41, 5.74) is 8.62. The predicted octanol–water partition coefficient (Wildman–Crippen LogP) is 3.55. The quantitative estimate of drug-likeness (QED) is 0.663. The first-order chi connectivity index (χ1) is 9.10. The van der Waals surface area contributed by atoms with Gasteiger partial charge in [0.2, 0.25) is 0 Å². The summed E-state index contributed by atoms with van der Waals surface area (Å²) in [5, 5.41) is 2.89. The summed E-state index contributed by atoms with van der Waals surface area (Å²) < 4.78 is 0. The van der Waals surface area contributed by atoms with Crippen molar-refractivity contribution in [3.8, 4) is 0 Å². The van der Waals surface area contributed by atoms with Crippen LogP contribution in [0.5, 0.6) is 0 Å². The van der Waals surface area contributed by atoms with E-state index in [2.05, 4.69) is 5.32 Å². The molecule has 1 amide bonds. The molecule has 4 heteroatoms. The van der Waals surface area contributed by atoms with Gasteiger partial charge < -0.3 is 11.1 Å². The highest BCUT2D eigenvalue weighted by molar-refractivity contribution is 7.98.